The maximum absolute atomic E-state index is 12.3. The lowest BCUT2D eigenvalue weighted by molar-refractivity contribution is -0.119. The fraction of sp³-hybridized carbons (Fsp3) is 0.467. The predicted octanol–water partition coefficient (Wildman–Crippen LogP) is 0.951. The van der Waals surface area contributed by atoms with Crippen molar-refractivity contribution in [3.8, 4) is 0 Å². The van der Waals surface area contributed by atoms with Gasteiger partial charge in [-0.3, -0.25) is 14.5 Å². The Labute approximate surface area is 136 Å². The molecule has 23 heavy (non-hydrogen) atoms. The first kappa shape index (κ1) is 17.4. The van der Waals surface area contributed by atoms with Crippen LogP contribution in [0.5, 0.6) is 0 Å². The molecule has 1 unspecified atom stereocenters. The second-order valence-corrected chi connectivity index (χ2v) is 7.20. The summed E-state index contributed by atoms with van der Waals surface area (Å²) in [4.78, 5) is 16.2. The fourth-order valence-corrected chi connectivity index (χ4v) is 3.38. The van der Waals surface area contributed by atoms with Gasteiger partial charge in [-0.05, 0) is 31.7 Å². The number of aliphatic imine (C=N–C) groups is 1. The minimum absolute atomic E-state index is 0.103. The number of amides is 1. The largest absolute Gasteiger partial charge is 0.326 e. The number of nitrogens with zero attached hydrogens (tertiary/aromatic N) is 1. The van der Waals surface area contributed by atoms with E-state index >= 15 is 0 Å². The van der Waals surface area contributed by atoms with Crippen molar-refractivity contribution in [2.75, 3.05) is 25.5 Å². The van der Waals surface area contributed by atoms with Crippen LogP contribution in [0.4, 0.5) is 5.69 Å². The van der Waals surface area contributed by atoms with Gasteiger partial charge < -0.3 is 10.6 Å². The topological polar surface area (TPSA) is 99.7 Å². The number of nitrogens with one attached hydrogen (secondary N) is 3. The number of amidine groups is 1. The Balaban J connectivity index is 2.11. The molecule has 0 radical (unpaired) electrons. The van der Waals surface area contributed by atoms with Gasteiger partial charge in [0.25, 0.3) is 10.0 Å². The molecule has 0 saturated carbocycles. The molecule has 0 bridgehead atoms. The van der Waals surface area contributed by atoms with Crippen molar-refractivity contribution in [3.63, 3.8) is 0 Å². The van der Waals surface area contributed by atoms with Crippen molar-refractivity contribution < 1.29 is 13.2 Å². The molecule has 2 rings (SSSR count). The molecular formula is C15H22N4O3S. The van der Waals surface area contributed by atoms with Gasteiger partial charge in [0, 0.05) is 31.1 Å². The third-order valence-corrected chi connectivity index (χ3v) is 4.88. The Kier molecular flexibility index (Phi) is 5.73. The number of hydrogen-bond acceptors (Lipinski definition) is 5. The quantitative estimate of drug-likeness (QED) is 0.719. The first-order chi connectivity index (χ1) is 10.9. The number of sulfonamides is 1. The van der Waals surface area contributed by atoms with E-state index in [9.17, 15) is 13.2 Å². The molecule has 1 aliphatic heterocycles. The third-order valence-electron chi connectivity index (χ3n) is 3.50. The standard InChI is InChI=1S/C15H22N4O3S/c1-11(10-16-2)15(20)18-12-5-3-6-13(9-12)23(21,22)19-14-7-4-8-17-14/h3,5-6,9,11,16H,4,7-8,10H2,1-2H3,(H,17,19)(H,18,20). The van der Waals surface area contributed by atoms with E-state index in [2.05, 4.69) is 20.3 Å². The number of carbonyl (C=O) groups excluding carboxylic acids is 1. The van der Waals surface area contributed by atoms with Crippen molar-refractivity contribution in [1.29, 1.82) is 0 Å². The van der Waals surface area contributed by atoms with E-state index in [1.165, 1.54) is 12.1 Å². The molecule has 0 aliphatic carbocycles. The molecule has 1 heterocycles. The highest BCUT2D eigenvalue weighted by Gasteiger charge is 2.19. The Hall–Kier alpha value is -1.93. The summed E-state index contributed by atoms with van der Waals surface area (Å²) in [6.45, 7) is 2.99. The van der Waals surface area contributed by atoms with Crippen LogP contribution in [0.1, 0.15) is 19.8 Å². The molecule has 0 saturated heterocycles. The summed E-state index contributed by atoms with van der Waals surface area (Å²) >= 11 is 0. The summed E-state index contributed by atoms with van der Waals surface area (Å²) in [6.07, 6.45) is 1.49. The molecule has 1 aliphatic rings. The number of carbonyl (C=O) groups is 1. The summed E-state index contributed by atoms with van der Waals surface area (Å²) in [5, 5.41) is 5.66. The first-order valence-corrected chi connectivity index (χ1v) is 9.02. The van der Waals surface area contributed by atoms with Crippen LogP contribution in [0.3, 0.4) is 0 Å². The van der Waals surface area contributed by atoms with E-state index < -0.39 is 10.0 Å². The SMILES string of the molecule is CNCC(C)C(=O)Nc1cccc(S(=O)(=O)NC2=NCCC2)c1. The lowest BCUT2D eigenvalue weighted by Crippen LogP contribution is -2.30. The first-order valence-electron chi connectivity index (χ1n) is 7.54. The summed E-state index contributed by atoms with van der Waals surface area (Å²) in [5.41, 5.74) is 0.453. The third kappa shape index (κ3) is 4.77. The van der Waals surface area contributed by atoms with Crippen LogP contribution < -0.4 is 15.4 Å². The number of anilines is 1. The van der Waals surface area contributed by atoms with Gasteiger partial charge in [-0.15, -0.1) is 0 Å². The van der Waals surface area contributed by atoms with Crippen LogP contribution >= 0.6 is 0 Å². The number of hydrogen-bond donors (Lipinski definition) is 3. The zero-order chi connectivity index (χ0) is 16.9. The zero-order valence-electron chi connectivity index (χ0n) is 13.3. The highest BCUT2D eigenvalue weighted by atomic mass is 32.2. The summed E-state index contributed by atoms with van der Waals surface area (Å²) in [6, 6.07) is 6.20. The predicted molar refractivity (Wildman–Crippen MR) is 90.0 cm³/mol. The minimum atomic E-state index is -3.68. The van der Waals surface area contributed by atoms with Gasteiger partial charge in [0.2, 0.25) is 5.91 Å². The average molecular weight is 338 g/mol. The average Bonchev–Trinajstić information content (AvgIpc) is 3.00. The highest BCUT2D eigenvalue weighted by molar-refractivity contribution is 7.90. The Bertz CT molecular complexity index is 700. The van der Waals surface area contributed by atoms with Crippen molar-refractivity contribution in [1.82, 2.24) is 10.0 Å². The van der Waals surface area contributed by atoms with E-state index in [-0.39, 0.29) is 16.7 Å². The smallest absolute Gasteiger partial charge is 0.262 e. The van der Waals surface area contributed by atoms with Gasteiger partial charge in [-0.1, -0.05) is 13.0 Å². The van der Waals surface area contributed by atoms with Gasteiger partial charge in [0.05, 0.1) is 4.90 Å². The van der Waals surface area contributed by atoms with E-state index in [0.29, 0.717) is 31.0 Å². The number of rotatable bonds is 6. The molecule has 7 nitrogen and oxygen atoms in total. The van der Waals surface area contributed by atoms with Crippen LogP contribution in [0.2, 0.25) is 0 Å². The van der Waals surface area contributed by atoms with E-state index in [1.807, 2.05) is 0 Å². The molecule has 126 valence electrons. The second kappa shape index (κ2) is 7.56. The maximum atomic E-state index is 12.3. The van der Waals surface area contributed by atoms with Crippen molar-refractivity contribution >= 4 is 27.5 Å². The molecule has 1 aromatic carbocycles. The van der Waals surface area contributed by atoms with Crippen LogP contribution in [-0.4, -0.2) is 40.3 Å². The molecular weight excluding hydrogens is 316 g/mol. The van der Waals surface area contributed by atoms with Crippen molar-refractivity contribution in [2.45, 2.75) is 24.7 Å². The maximum Gasteiger partial charge on any atom is 0.262 e. The zero-order valence-corrected chi connectivity index (χ0v) is 14.1. The van der Waals surface area contributed by atoms with Gasteiger partial charge in [0.1, 0.15) is 5.84 Å². The molecule has 0 spiro atoms. The van der Waals surface area contributed by atoms with Crippen LogP contribution in [0.15, 0.2) is 34.2 Å². The Morgan fingerprint density at radius 3 is 2.83 bits per heavy atom. The van der Waals surface area contributed by atoms with E-state index in [4.69, 9.17) is 0 Å². The molecule has 1 aromatic rings. The lowest BCUT2D eigenvalue weighted by atomic mass is 10.1. The van der Waals surface area contributed by atoms with Crippen LogP contribution in [0.25, 0.3) is 0 Å². The minimum Gasteiger partial charge on any atom is -0.326 e. The summed E-state index contributed by atoms with van der Waals surface area (Å²) in [7, 11) is -1.90. The van der Waals surface area contributed by atoms with E-state index in [0.717, 1.165) is 6.42 Å². The van der Waals surface area contributed by atoms with Crippen LogP contribution in [-0.2, 0) is 14.8 Å². The molecule has 1 atom stereocenters. The summed E-state index contributed by atoms with van der Waals surface area (Å²) in [5.74, 6) is 0.107. The molecule has 0 fully saturated rings. The van der Waals surface area contributed by atoms with Gasteiger partial charge in [0.15, 0.2) is 0 Å². The van der Waals surface area contributed by atoms with Gasteiger partial charge >= 0.3 is 0 Å². The monoisotopic (exact) mass is 338 g/mol. The van der Waals surface area contributed by atoms with E-state index in [1.54, 1.807) is 26.1 Å². The van der Waals surface area contributed by atoms with Crippen molar-refractivity contribution in [3.05, 3.63) is 24.3 Å². The number of benzene rings is 1. The Morgan fingerprint density at radius 1 is 1.39 bits per heavy atom. The second-order valence-electron chi connectivity index (χ2n) is 5.51. The fourth-order valence-electron chi connectivity index (χ4n) is 2.24. The van der Waals surface area contributed by atoms with Gasteiger partial charge in [-0.25, -0.2) is 8.42 Å². The molecule has 3 N–H and O–H groups in total. The lowest BCUT2D eigenvalue weighted by Gasteiger charge is -2.13. The molecule has 1 amide bonds. The molecule has 8 heteroatoms. The van der Waals surface area contributed by atoms with Crippen molar-refractivity contribution in [2.24, 2.45) is 10.9 Å². The Morgan fingerprint density at radius 2 is 2.17 bits per heavy atom. The normalized spacial score (nSPS) is 15.8. The molecule has 0 aromatic heterocycles. The summed E-state index contributed by atoms with van der Waals surface area (Å²) < 4.78 is 27.2. The van der Waals surface area contributed by atoms with Gasteiger partial charge in [-0.2, -0.15) is 0 Å². The highest BCUT2D eigenvalue weighted by Crippen LogP contribution is 2.17. The van der Waals surface area contributed by atoms with Crippen LogP contribution in [0, 0.1) is 5.92 Å².